The first kappa shape index (κ1) is 10.6. The van der Waals surface area contributed by atoms with Crippen LogP contribution in [0.15, 0.2) is 36.7 Å². The summed E-state index contributed by atoms with van der Waals surface area (Å²) in [6.07, 6.45) is 0.116. The zero-order valence-electron chi connectivity index (χ0n) is 6.33. The normalized spacial score (nSPS) is 13.7. The number of carboxylic acids is 1. The molecule has 2 N–H and O–H groups in total. The summed E-state index contributed by atoms with van der Waals surface area (Å²) in [6.45, 7) is 6.11. The van der Waals surface area contributed by atoms with Crippen molar-refractivity contribution >= 4 is 5.97 Å². The molecule has 0 aromatic heterocycles. The van der Waals surface area contributed by atoms with Crippen LogP contribution < -0.4 is 0 Å². The molecule has 0 radical (unpaired) electrons. The Morgan fingerprint density at radius 2 is 2.08 bits per heavy atom. The van der Waals surface area contributed by atoms with Crippen LogP contribution in [0.25, 0.3) is 0 Å². The summed E-state index contributed by atoms with van der Waals surface area (Å²) in [4.78, 5) is 10.2. The Bertz CT molecular complexity index is 243. The number of hydrogen-bond acceptors (Lipinski definition) is 2. The van der Waals surface area contributed by atoms with Gasteiger partial charge in [0.15, 0.2) is 6.10 Å². The Kier molecular flexibility index (Phi) is 3.93. The molecule has 3 nitrogen and oxygen atoms in total. The van der Waals surface area contributed by atoms with Gasteiger partial charge < -0.3 is 10.2 Å². The van der Waals surface area contributed by atoms with Gasteiger partial charge in [-0.05, 0) is 11.6 Å². The van der Waals surface area contributed by atoms with Crippen LogP contribution in [-0.2, 0) is 4.79 Å². The van der Waals surface area contributed by atoms with E-state index in [0.717, 1.165) is 12.2 Å². The van der Waals surface area contributed by atoms with Crippen LogP contribution in [0.5, 0.6) is 0 Å². The van der Waals surface area contributed by atoms with E-state index in [0.29, 0.717) is 0 Å². The van der Waals surface area contributed by atoms with Crippen LogP contribution in [0.3, 0.4) is 0 Å². The predicted octanol–water partition coefficient (Wildman–Crippen LogP) is 1.03. The number of carboxylic acid groups (broad SMARTS) is 1. The van der Waals surface area contributed by atoms with E-state index in [-0.39, 0.29) is 5.57 Å². The van der Waals surface area contributed by atoms with Gasteiger partial charge in [-0.3, -0.25) is 0 Å². The highest BCUT2D eigenvalue weighted by atomic mass is 19.1. The summed E-state index contributed by atoms with van der Waals surface area (Å²) in [5, 5.41) is 17.2. The van der Waals surface area contributed by atoms with Gasteiger partial charge in [-0.2, -0.15) is 0 Å². The van der Waals surface area contributed by atoms with Gasteiger partial charge in [-0.1, -0.05) is 19.2 Å². The molecule has 0 aliphatic heterocycles. The van der Waals surface area contributed by atoms with Crippen molar-refractivity contribution in [3.8, 4) is 0 Å². The zero-order valence-corrected chi connectivity index (χ0v) is 6.33. The molecule has 1 unspecified atom stereocenters. The molecule has 0 bridgehead atoms. The van der Waals surface area contributed by atoms with Crippen LogP contribution in [-0.4, -0.2) is 22.3 Å². The predicted molar refractivity (Wildman–Crippen MR) is 42.2 cm³/mol. The van der Waals surface area contributed by atoms with Crippen molar-refractivity contribution in [1.29, 1.82) is 0 Å². The quantitative estimate of drug-likeness (QED) is 0.622. The number of aliphatic hydroxyl groups excluding tert-OH is 1. The van der Waals surface area contributed by atoms with Crippen molar-refractivity contribution in [2.24, 2.45) is 0 Å². The third-order valence-corrected chi connectivity index (χ3v) is 1.11. The van der Waals surface area contributed by atoms with Crippen molar-refractivity contribution in [1.82, 2.24) is 0 Å². The molecule has 0 spiro atoms. The summed E-state index contributed by atoms with van der Waals surface area (Å²) in [5.41, 5.74) is -0.130. The lowest BCUT2D eigenvalue weighted by Gasteiger charge is -2.04. The SMILES string of the molecule is C=C/C(=C\C(=C)F)C(O)C(=O)O. The molecular weight excluding hydrogens is 163 g/mol. The van der Waals surface area contributed by atoms with Gasteiger partial charge in [0.05, 0.1) is 0 Å². The molecule has 4 heteroatoms. The second-order valence-corrected chi connectivity index (χ2v) is 2.04. The Hall–Kier alpha value is -1.42. The highest BCUT2D eigenvalue weighted by Gasteiger charge is 2.16. The third kappa shape index (κ3) is 3.12. The van der Waals surface area contributed by atoms with Crippen LogP contribution in [0.2, 0.25) is 0 Å². The molecule has 0 aliphatic rings. The molecule has 1 atom stereocenters. The first-order valence-electron chi connectivity index (χ1n) is 3.08. The number of allylic oxidation sites excluding steroid dienone is 2. The van der Waals surface area contributed by atoms with E-state index in [4.69, 9.17) is 10.2 Å². The molecule has 12 heavy (non-hydrogen) atoms. The average molecular weight is 172 g/mol. The topological polar surface area (TPSA) is 57.5 Å². The summed E-state index contributed by atoms with van der Waals surface area (Å²) in [7, 11) is 0. The Balaban J connectivity index is 4.67. The van der Waals surface area contributed by atoms with E-state index in [9.17, 15) is 9.18 Å². The van der Waals surface area contributed by atoms with Crippen molar-refractivity contribution in [2.75, 3.05) is 0 Å². The van der Waals surface area contributed by atoms with Gasteiger partial charge >= 0.3 is 5.97 Å². The minimum atomic E-state index is -1.75. The standard InChI is InChI=1S/C8H9FO3/c1-3-6(4-5(2)9)7(10)8(11)12/h3-4,7,10H,1-2H2,(H,11,12)/b6-4+. The Morgan fingerprint density at radius 3 is 2.33 bits per heavy atom. The molecule has 0 aromatic rings. The van der Waals surface area contributed by atoms with E-state index in [2.05, 4.69) is 13.2 Å². The minimum absolute atomic E-state index is 0.130. The highest BCUT2D eigenvalue weighted by molar-refractivity contribution is 5.76. The fraction of sp³-hybridized carbons (Fsp3) is 0.125. The van der Waals surface area contributed by atoms with Gasteiger partial charge in [0, 0.05) is 0 Å². The number of halogens is 1. The smallest absolute Gasteiger partial charge is 0.337 e. The molecule has 0 heterocycles. The fourth-order valence-electron chi connectivity index (χ4n) is 0.573. The molecule has 0 saturated heterocycles. The molecule has 0 aromatic carbocycles. The zero-order chi connectivity index (χ0) is 9.72. The number of aliphatic hydroxyl groups is 1. The number of carbonyl (C=O) groups is 1. The monoisotopic (exact) mass is 172 g/mol. The first-order valence-corrected chi connectivity index (χ1v) is 3.08. The largest absolute Gasteiger partial charge is 0.479 e. The third-order valence-electron chi connectivity index (χ3n) is 1.11. The van der Waals surface area contributed by atoms with E-state index >= 15 is 0 Å². The highest BCUT2D eigenvalue weighted by Crippen LogP contribution is 2.08. The van der Waals surface area contributed by atoms with E-state index in [1.807, 2.05) is 0 Å². The van der Waals surface area contributed by atoms with Crippen molar-refractivity contribution < 1.29 is 19.4 Å². The number of hydrogen-bond donors (Lipinski definition) is 2. The molecule has 0 saturated carbocycles. The van der Waals surface area contributed by atoms with Gasteiger partial charge in [0.25, 0.3) is 0 Å². The van der Waals surface area contributed by atoms with Crippen LogP contribution in [0.1, 0.15) is 0 Å². The second kappa shape index (κ2) is 4.46. The van der Waals surface area contributed by atoms with E-state index in [1.165, 1.54) is 0 Å². The maximum absolute atomic E-state index is 12.1. The number of rotatable bonds is 4. The molecule has 0 amide bonds. The van der Waals surface area contributed by atoms with Gasteiger partial charge in [-0.15, -0.1) is 0 Å². The van der Waals surface area contributed by atoms with Gasteiger partial charge in [0.1, 0.15) is 5.83 Å². The molecular formula is C8H9FO3. The summed E-state index contributed by atoms with van der Waals surface area (Å²) >= 11 is 0. The fourth-order valence-corrected chi connectivity index (χ4v) is 0.573. The maximum atomic E-state index is 12.1. The number of aliphatic carboxylic acids is 1. The summed E-state index contributed by atoms with van der Waals surface area (Å²) < 4.78 is 12.1. The Morgan fingerprint density at radius 1 is 1.58 bits per heavy atom. The van der Waals surface area contributed by atoms with Gasteiger partial charge in [0.2, 0.25) is 0 Å². The van der Waals surface area contributed by atoms with Crippen LogP contribution >= 0.6 is 0 Å². The minimum Gasteiger partial charge on any atom is -0.479 e. The van der Waals surface area contributed by atoms with Crippen LogP contribution in [0.4, 0.5) is 4.39 Å². The Labute approximate surface area is 69.1 Å². The van der Waals surface area contributed by atoms with Crippen molar-refractivity contribution in [3.63, 3.8) is 0 Å². The summed E-state index contributed by atoms with van der Waals surface area (Å²) in [5.74, 6) is -2.28. The second-order valence-electron chi connectivity index (χ2n) is 2.04. The van der Waals surface area contributed by atoms with Crippen molar-refractivity contribution in [2.45, 2.75) is 6.10 Å². The lowest BCUT2D eigenvalue weighted by atomic mass is 10.1. The molecule has 0 rings (SSSR count). The van der Waals surface area contributed by atoms with Crippen molar-refractivity contribution in [3.05, 3.63) is 36.7 Å². The maximum Gasteiger partial charge on any atom is 0.337 e. The van der Waals surface area contributed by atoms with E-state index < -0.39 is 17.9 Å². The lowest BCUT2D eigenvalue weighted by Crippen LogP contribution is -2.20. The molecule has 0 fully saturated rings. The lowest BCUT2D eigenvalue weighted by molar-refractivity contribution is -0.144. The van der Waals surface area contributed by atoms with Gasteiger partial charge in [-0.25, -0.2) is 9.18 Å². The van der Waals surface area contributed by atoms with E-state index in [1.54, 1.807) is 0 Å². The first-order chi connectivity index (χ1) is 5.49. The van der Waals surface area contributed by atoms with Crippen LogP contribution in [0, 0.1) is 0 Å². The average Bonchev–Trinajstić information content (AvgIpc) is 1.98. The summed E-state index contributed by atoms with van der Waals surface area (Å²) in [6, 6.07) is 0. The molecule has 0 aliphatic carbocycles. The molecule has 66 valence electrons.